The number of aryl methyl sites for hydroxylation is 1. The van der Waals surface area contributed by atoms with Crippen molar-refractivity contribution in [1.82, 2.24) is 19.7 Å². The molecule has 1 fully saturated rings. The van der Waals surface area contributed by atoms with Crippen molar-refractivity contribution in [1.29, 1.82) is 0 Å². The lowest BCUT2D eigenvalue weighted by atomic mass is 9.96. The van der Waals surface area contributed by atoms with Crippen molar-refractivity contribution in [2.45, 2.75) is 26.2 Å². The van der Waals surface area contributed by atoms with Crippen LogP contribution in [0.5, 0.6) is 0 Å². The minimum atomic E-state index is -0.114. The van der Waals surface area contributed by atoms with Gasteiger partial charge in [-0.3, -0.25) is 9.48 Å². The van der Waals surface area contributed by atoms with E-state index in [9.17, 15) is 4.79 Å². The second kappa shape index (κ2) is 5.64. The molecule has 0 aromatic carbocycles. The first-order valence-electron chi connectivity index (χ1n) is 7.72. The largest absolute Gasteiger partial charge is 0.345 e. The number of amides is 1. The third kappa shape index (κ3) is 3.18. The van der Waals surface area contributed by atoms with Crippen molar-refractivity contribution in [2.24, 2.45) is 7.05 Å². The van der Waals surface area contributed by atoms with Crippen LogP contribution in [0.2, 0.25) is 0 Å². The summed E-state index contributed by atoms with van der Waals surface area (Å²) in [5.74, 6) is 1.65. The summed E-state index contributed by atoms with van der Waals surface area (Å²) < 4.78 is 1.70. The molecule has 2 aromatic rings. The van der Waals surface area contributed by atoms with E-state index in [0.29, 0.717) is 13.1 Å². The standard InChI is InChI=1S/C16H22N6O/c1-16(2,3)15-17-6-5-13(19-15)21-7-8-22(14(23)11-21)12-9-18-20(4)10-12/h5-6,9-10H,7-8,11H2,1-4H3. The second-order valence-electron chi connectivity index (χ2n) is 6.83. The van der Waals surface area contributed by atoms with Crippen LogP contribution < -0.4 is 9.80 Å². The zero-order chi connectivity index (χ0) is 16.6. The summed E-state index contributed by atoms with van der Waals surface area (Å²) in [7, 11) is 1.85. The SMILES string of the molecule is Cn1cc(N2CCN(c3ccnc(C(C)(C)C)n3)CC2=O)cn1. The Morgan fingerprint density at radius 2 is 2.00 bits per heavy atom. The summed E-state index contributed by atoms with van der Waals surface area (Å²) in [6.07, 6.45) is 5.34. The molecule has 0 aliphatic carbocycles. The van der Waals surface area contributed by atoms with Gasteiger partial charge in [-0.05, 0) is 6.07 Å². The lowest BCUT2D eigenvalue weighted by Crippen LogP contribution is -2.51. The number of piperazine rings is 1. The molecule has 3 rings (SSSR count). The quantitative estimate of drug-likeness (QED) is 0.837. The Labute approximate surface area is 135 Å². The van der Waals surface area contributed by atoms with Gasteiger partial charge in [0.1, 0.15) is 11.6 Å². The van der Waals surface area contributed by atoms with Gasteiger partial charge in [0, 0.05) is 37.9 Å². The molecule has 3 heterocycles. The molecule has 1 amide bonds. The van der Waals surface area contributed by atoms with E-state index in [0.717, 1.165) is 23.9 Å². The number of aromatic nitrogens is 4. The molecule has 0 radical (unpaired) electrons. The van der Waals surface area contributed by atoms with Gasteiger partial charge in [-0.15, -0.1) is 0 Å². The van der Waals surface area contributed by atoms with Gasteiger partial charge in [-0.2, -0.15) is 5.10 Å². The molecule has 0 saturated carbocycles. The lowest BCUT2D eigenvalue weighted by molar-refractivity contribution is -0.117. The van der Waals surface area contributed by atoms with Gasteiger partial charge in [0.15, 0.2) is 0 Å². The molecule has 7 heteroatoms. The number of hydrogen-bond acceptors (Lipinski definition) is 5. The van der Waals surface area contributed by atoms with E-state index in [1.165, 1.54) is 0 Å². The van der Waals surface area contributed by atoms with Gasteiger partial charge in [0.2, 0.25) is 5.91 Å². The van der Waals surface area contributed by atoms with E-state index in [4.69, 9.17) is 0 Å². The normalized spacial score (nSPS) is 16.1. The third-order valence-electron chi connectivity index (χ3n) is 3.86. The van der Waals surface area contributed by atoms with Gasteiger partial charge in [-0.1, -0.05) is 20.8 Å². The van der Waals surface area contributed by atoms with Gasteiger partial charge in [0.05, 0.1) is 18.4 Å². The van der Waals surface area contributed by atoms with Crippen LogP contribution in [0, 0.1) is 0 Å². The average Bonchev–Trinajstić information content (AvgIpc) is 2.93. The number of carbonyl (C=O) groups excluding carboxylic acids is 1. The Morgan fingerprint density at radius 3 is 2.61 bits per heavy atom. The fourth-order valence-electron chi connectivity index (χ4n) is 2.58. The summed E-state index contributed by atoms with van der Waals surface area (Å²) >= 11 is 0. The van der Waals surface area contributed by atoms with E-state index < -0.39 is 0 Å². The summed E-state index contributed by atoms with van der Waals surface area (Å²) in [5, 5.41) is 4.13. The molecule has 0 N–H and O–H groups in total. The molecule has 0 spiro atoms. The Balaban J connectivity index is 1.76. The minimum Gasteiger partial charge on any atom is -0.345 e. The van der Waals surface area contributed by atoms with Gasteiger partial charge in [0.25, 0.3) is 0 Å². The fraction of sp³-hybridized carbons (Fsp3) is 0.500. The Morgan fingerprint density at radius 1 is 1.22 bits per heavy atom. The number of carbonyl (C=O) groups is 1. The van der Waals surface area contributed by atoms with E-state index in [2.05, 4.69) is 35.8 Å². The number of nitrogens with zero attached hydrogens (tertiary/aromatic N) is 6. The van der Waals surface area contributed by atoms with Crippen LogP contribution in [0.15, 0.2) is 24.7 Å². The number of hydrogen-bond donors (Lipinski definition) is 0. The van der Waals surface area contributed by atoms with Crippen LogP contribution >= 0.6 is 0 Å². The van der Waals surface area contributed by atoms with E-state index >= 15 is 0 Å². The van der Waals surface area contributed by atoms with Crippen molar-refractivity contribution in [3.05, 3.63) is 30.5 Å². The lowest BCUT2D eigenvalue weighted by Gasteiger charge is -2.34. The summed E-state index contributed by atoms with van der Waals surface area (Å²) in [5.41, 5.74) is 0.729. The molecular weight excluding hydrogens is 292 g/mol. The molecule has 0 bridgehead atoms. The smallest absolute Gasteiger partial charge is 0.246 e. The predicted molar refractivity (Wildman–Crippen MR) is 88.5 cm³/mol. The summed E-state index contributed by atoms with van der Waals surface area (Å²) in [4.78, 5) is 25.2. The van der Waals surface area contributed by atoms with Crippen LogP contribution in [0.1, 0.15) is 26.6 Å². The third-order valence-corrected chi connectivity index (χ3v) is 3.86. The second-order valence-corrected chi connectivity index (χ2v) is 6.83. The Kier molecular flexibility index (Phi) is 3.79. The molecule has 0 unspecified atom stereocenters. The molecule has 1 aliphatic heterocycles. The van der Waals surface area contributed by atoms with Crippen molar-refractivity contribution in [3.63, 3.8) is 0 Å². The average molecular weight is 314 g/mol. The fourth-order valence-corrected chi connectivity index (χ4v) is 2.58. The first kappa shape index (κ1) is 15.5. The highest BCUT2D eigenvalue weighted by Crippen LogP contribution is 2.22. The van der Waals surface area contributed by atoms with Crippen LogP contribution in [0.3, 0.4) is 0 Å². The van der Waals surface area contributed by atoms with Crippen molar-refractivity contribution < 1.29 is 4.79 Å². The van der Waals surface area contributed by atoms with Crippen molar-refractivity contribution >= 4 is 17.4 Å². The maximum absolute atomic E-state index is 12.5. The van der Waals surface area contributed by atoms with Crippen LogP contribution in [0.4, 0.5) is 11.5 Å². The Bertz CT molecular complexity index is 717. The zero-order valence-electron chi connectivity index (χ0n) is 14.0. The van der Waals surface area contributed by atoms with Crippen LogP contribution in [0.25, 0.3) is 0 Å². The molecule has 23 heavy (non-hydrogen) atoms. The minimum absolute atomic E-state index is 0.0557. The van der Waals surface area contributed by atoms with Gasteiger partial charge in [-0.25, -0.2) is 9.97 Å². The zero-order valence-corrected chi connectivity index (χ0v) is 14.0. The molecule has 122 valence electrons. The van der Waals surface area contributed by atoms with Gasteiger partial charge >= 0.3 is 0 Å². The van der Waals surface area contributed by atoms with E-state index in [1.807, 2.05) is 24.2 Å². The predicted octanol–water partition coefficient (Wildman–Crippen LogP) is 1.36. The molecule has 0 atom stereocenters. The Hall–Kier alpha value is -2.44. The molecular formula is C16H22N6O. The van der Waals surface area contributed by atoms with Gasteiger partial charge < -0.3 is 9.80 Å². The highest BCUT2D eigenvalue weighted by atomic mass is 16.2. The maximum atomic E-state index is 12.5. The van der Waals surface area contributed by atoms with Crippen molar-refractivity contribution in [2.75, 3.05) is 29.4 Å². The summed E-state index contributed by atoms with van der Waals surface area (Å²) in [6.45, 7) is 7.92. The van der Waals surface area contributed by atoms with Crippen LogP contribution in [-0.2, 0) is 17.3 Å². The van der Waals surface area contributed by atoms with Crippen LogP contribution in [-0.4, -0.2) is 45.3 Å². The van der Waals surface area contributed by atoms with E-state index in [-0.39, 0.29) is 11.3 Å². The number of rotatable bonds is 2. The first-order valence-corrected chi connectivity index (χ1v) is 7.72. The van der Waals surface area contributed by atoms with E-state index in [1.54, 1.807) is 22.0 Å². The monoisotopic (exact) mass is 314 g/mol. The number of anilines is 2. The summed E-state index contributed by atoms with van der Waals surface area (Å²) in [6, 6.07) is 1.86. The molecule has 7 nitrogen and oxygen atoms in total. The maximum Gasteiger partial charge on any atom is 0.246 e. The molecule has 1 saturated heterocycles. The first-order chi connectivity index (χ1) is 10.8. The molecule has 2 aromatic heterocycles. The van der Waals surface area contributed by atoms with Crippen molar-refractivity contribution in [3.8, 4) is 0 Å². The molecule has 1 aliphatic rings. The highest BCUT2D eigenvalue weighted by molar-refractivity contribution is 5.97. The highest BCUT2D eigenvalue weighted by Gasteiger charge is 2.27. The topological polar surface area (TPSA) is 67.2 Å².